The summed E-state index contributed by atoms with van der Waals surface area (Å²) in [5.41, 5.74) is -0.929. The summed E-state index contributed by atoms with van der Waals surface area (Å²) in [7, 11) is 1.37. The van der Waals surface area contributed by atoms with Crippen molar-refractivity contribution in [1.82, 2.24) is 4.90 Å². The van der Waals surface area contributed by atoms with E-state index >= 15 is 0 Å². The van der Waals surface area contributed by atoms with Crippen molar-refractivity contribution in [3.05, 3.63) is 0 Å². The number of amides is 1. The largest absolute Gasteiger partial charge is 0.469 e. The van der Waals surface area contributed by atoms with Gasteiger partial charge in [-0.3, -0.25) is 9.59 Å². The standard InChI is InChI=1S/C16H26N2O3/c1-4-8-16(12-17,9-5-2)15(20)18-10-6-7-13(11-18)14(19)21-3/h13H,4-11H2,1-3H3. The van der Waals surface area contributed by atoms with Gasteiger partial charge in [0.2, 0.25) is 5.91 Å². The van der Waals surface area contributed by atoms with Crippen molar-refractivity contribution in [3.8, 4) is 6.07 Å². The summed E-state index contributed by atoms with van der Waals surface area (Å²) in [6.45, 7) is 4.98. The van der Waals surface area contributed by atoms with E-state index in [1.54, 1.807) is 4.90 Å². The van der Waals surface area contributed by atoms with Crippen molar-refractivity contribution in [3.63, 3.8) is 0 Å². The molecule has 1 heterocycles. The number of likely N-dealkylation sites (tertiary alicyclic amines) is 1. The maximum absolute atomic E-state index is 12.8. The Labute approximate surface area is 127 Å². The molecule has 118 valence electrons. The molecule has 5 heteroatoms. The van der Waals surface area contributed by atoms with Gasteiger partial charge in [-0.25, -0.2) is 0 Å². The Morgan fingerprint density at radius 3 is 2.43 bits per heavy atom. The predicted octanol–water partition coefficient (Wildman–Crippen LogP) is 2.51. The van der Waals surface area contributed by atoms with Crippen LogP contribution in [0, 0.1) is 22.7 Å². The average Bonchev–Trinajstić information content (AvgIpc) is 2.53. The summed E-state index contributed by atoms with van der Waals surface area (Å²) >= 11 is 0. The van der Waals surface area contributed by atoms with Gasteiger partial charge in [0.05, 0.1) is 19.1 Å². The Kier molecular flexibility index (Phi) is 6.67. The van der Waals surface area contributed by atoms with E-state index in [0.29, 0.717) is 25.9 Å². The van der Waals surface area contributed by atoms with Crippen molar-refractivity contribution < 1.29 is 14.3 Å². The van der Waals surface area contributed by atoms with Crippen LogP contribution in [-0.2, 0) is 14.3 Å². The fourth-order valence-electron chi connectivity index (χ4n) is 3.18. The zero-order valence-electron chi connectivity index (χ0n) is 13.4. The number of piperidine rings is 1. The Morgan fingerprint density at radius 1 is 1.33 bits per heavy atom. The van der Waals surface area contributed by atoms with Crippen LogP contribution in [0.2, 0.25) is 0 Å². The van der Waals surface area contributed by atoms with E-state index in [1.165, 1.54) is 7.11 Å². The van der Waals surface area contributed by atoms with Gasteiger partial charge in [-0.05, 0) is 25.7 Å². The van der Waals surface area contributed by atoms with Crippen LogP contribution in [0.5, 0.6) is 0 Å². The zero-order valence-corrected chi connectivity index (χ0v) is 13.4. The minimum Gasteiger partial charge on any atom is -0.469 e. The monoisotopic (exact) mass is 294 g/mol. The molecular formula is C16H26N2O3. The number of hydrogen-bond acceptors (Lipinski definition) is 4. The molecule has 1 aliphatic rings. The molecule has 0 N–H and O–H groups in total. The molecule has 0 aromatic carbocycles. The first kappa shape index (κ1) is 17.5. The molecule has 0 saturated carbocycles. The number of methoxy groups -OCH3 is 1. The van der Waals surface area contributed by atoms with Gasteiger partial charge in [0.1, 0.15) is 5.41 Å². The molecule has 0 aliphatic carbocycles. The number of carbonyl (C=O) groups is 2. The Morgan fingerprint density at radius 2 is 1.95 bits per heavy atom. The molecule has 0 spiro atoms. The first-order valence-electron chi connectivity index (χ1n) is 7.83. The third-order valence-corrected chi connectivity index (χ3v) is 4.22. The van der Waals surface area contributed by atoms with E-state index in [0.717, 1.165) is 25.7 Å². The van der Waals surface area contributed by atoms with E-state index in [9.17, 15) is 14.9 Å². The van der Waals surface area contributed by atoms with Crippen LogP contribution in [0.3, 0.4) is 0 Å². The smallest absolute Gasteiger partial charge is 0.310 e. The molecule has 5 nitrogen and oxygen atoms in total. The highest BCUT2D eigenvalue weighted by molar-refractivity contribution is 5.86. The molecule has 1 atom stereocenters. The summed E-state index contributed by atoms with van der Waals surface area (Å²) in [4.78, 5) is 26.2. The third kappa shape index (κ3) is 3.96. The molecule has 0 radical (unpaired) electrons. The van der Waals surface area contributed by atoms with Crippen LogP contribution in [-0.4, -0.2) is 37.0 Å². The van der Waals surface area contributed by atoms with Crippen LogP contribution in [0.4, 0.5) is 0 Å². The van der Waals surface area contributed by atoms with Crippen LogP contribution in [0.1, 0.15) is 52.4 Å². The zero-order chi connectivity index (χ0) is 15.9. The highest BCUT2D eigenvalue weighted by Gasteiger charge is 2.42. The van der Waals surface area contributed by atoms with E-state index in [4.69, 9.17) is 4.74 Å². The molecule has 0 aromatic heterocycles. The van der Waals surface area contributed by atoms with Gasteiger partial charge in [0.15, 0.2) is 0 Å². The van der Waals surface area contributed by atoms with E-state index in [1.807, 2.05) is 13.8 Å². The third-order valence-electron chi connectivity index (χ3n) is 4.22. The van der Waals surface area contributed by atoms with Gasteiger partial charge < -0.3 is 9.64 Å². The van der Waals surface area contributed by atoms with Crippen LogP contribution in [0.15, 0.2) is 0 Å². The fourth-order valence-corrected chi connectivity index (χ4v) is 3.18. The highest BCUT2D eigenvalue weighted by atomic mass is 16.5. The minimum absolute atomic E-state index is 0.109. The lowest BCUT2D eigenvalue weighted by molar-refractivity contribution is -0.151. The number of rotatable bonds is 6. The SMILES string of the molecule is CCCC(C#N)(CCC)C(=O)N1CCCC(C(=O)OC)C1. The normalized spacial score (nSPS) is 19.0. The van der Waals surface area contributed by atoms with Gasteiger partial charge in [-0.2, -0.15) is 5.26 Å². The Balaban J connectivity index is 2.88. The van der Waals surface area contributed by atoms with Crippen molar-refractivity contribution in [1.29, 1.82) is 5.26 Å². The van der Waals surface area contributed by atoms with Crippen molar-refractivity contribution in [2.24, 2.45) is 11.3 Å². The highest BCUT2D eigenvalue weighted by Crippen LogP contribution is 2.33. The maximum Gasteiger partial charge on any atom is 0.310 e. The summed E-state index contributed by atoms with van der Waals surface area (Å²) in [6, 6.07) is 2.27. The van der Waals surface area contributed by atoms with Crippen molar-refractivity contribution in [2.45, 2.75) is 52.4 Å². The second kappa shape index (κ2) is 8.02. The summed E-state index contributed by atoms with van der Waals surface area (Å²) in [5, 5.41) is 9.57. The van der Waals surface area contributed by atoms with Crippen molar-refractivity contribution >= 4 is 11.9 Å². The van der Waals surface area contributed by atoms with Crippen LogP contribution in [0.25, 0.3) is 0 Å². The lowest BCUT2D eigenvalue weighted by Crippen LogP contribution is -2.49. The predicted molar refractivity (Wildman–Crippen MR) is 79.2 cm³/mol. The molecular weight excluding hydrogens is 268 g/mol. The average molecular weight is 294 g/mol. The number of nitrogens with zero attached hydrogens (tertiary/aromatic N) is 2. The second-order valence-corrected chi connectivity index (χ2v) is 5.81. The van der Waals surface area contributed by atoms with Gasteiger partial charge in [0, 0.05) is 13.1 Å². The van der Waals surface area contributed by atoms with Gasteiger partial charge in [-0.1, -0.05) is 26.7 Å². The van der Waals surface area contributed by atoms with Crippen LogP contribution < -0.4 is 0 Å². The van der Waals surface area contributed by atoms with Gasteiger partial charge in [0.25, 0.3) is 0 Å². The quantitative estimate of drug-likeness (QED) is 0.706. The molecule has 0 aromatic rings. The lowest BCUT2D eigenvalue weighted by atomic mass is 9.78. The molecule has 0 bridgehead atoms. The summed E-state index contributed by atoms with van der Waals surface area (Å²) in [6.07, 6.45) is 4.29. The van der Waals surface area contributed by atoms with E-state index in [-0.39, 0.29) is 17.8 Å². The van der Waals surface area contributed by atoms with Crippen LogP contribution >= 0.6 is 0 Å². The maximum atomic E-state index is 12.8. The van der Waals surface area contributed by atoms with Crippen molar-refractivity contribution in [2.75, 3.05) is 20.2 Å². The first-order chi connectivity index (χ1) is 10.0. The number of nitriles is 1. The van der Waals surface area contributed by atoms with E-state index in [2.05, 4.69) is 6.07 Å². The van der Waals surface area contributed by atoms with Gasteiger partial charge >= 0.3 is 5.97 Å². The summed E-state index contributed by atoms with van der Waals surface area (Å²) in [5.74, 6) is -0.629. The van der Waals surface area contributed by atoms with E-state index < -0.39 is 5.41 Å². The number of hydrogen-bond donors (Lipinski definition) is 0. The lowest BCUT2D eigenvalue weighted by Gasteiger charge is -2.37. The van der Waals surface area contributed by atoms with Gasteiger partial charge in [-0.15, -0.1) is 0 Å². The Bertz CT molecular complexity index is 408. The first-order valence-corrected chi connectivity index (χ1v) is 7.83. The number of carbonyl (C=O) groups excluding carboxylic acids is 2. The fraction of sp³-hybridized carbons (Fsp3) is 0.812. The topological polar surface area (TPSA) is 70.4 Å². The molecule has 21 heavy (non-hydrogen) atoms. The Hall–Kier alpha value is -1.57. The molecule has 1 rings (SSSR count). The molecule has 1 amide bonds. The number of ether oxygens (including phenoxy) is 1. The number of esters is 1. The minimum atomic E-state index is -0.929. The summed E-state index contributed by atoms with van der Waals surface area (Å²) < 4.78 is 4.78. The molecule has 1 fully saturated rings. The molecule has 1 saturated heterocycles. The molecule has 1 aliphatic heterocycles. The second-order valence-electron chi connectivity index (χ2n) is 5.81. The molecule has 1 unspecified atom stereocenters.